The van der Waals surface area contributed by atoms with Gasteiger partial charge in [-0.25, -0.2) is 0 Å². The van der Waals surface area contributed by atoms with E-state index in [2.05, 4.69) is 33.8 Å². The van der Waals surface area contributed by atoms with Crippen molar-refractivity contribution >= 4 is 0 Å². The molecule has 1 aliphatic rings. The Kier molecular flexibility index (Phi) is 4.15. The summed E-state index contributed by atoms with van der Waals surface area (Å²) in [6, 6.07) is 6.08. The Morgan fingerprint density at radius 1 is 1.20 bits per heavy atom. The van der Waals surface area contributed by atoms with E-state index in [9.17, 15) is 5.11 Å². The molecule has 0 unspecified atom stereocenters. The molecule has 0 saturated heterocycles. The maximum atomic E-state index is 11.1. The highest BCUT2D eigenvalue weighted by atomic mass is 16.5. The van der Waals surface area contributed by atoms with Gasteiger partial charge in [0.2, 0.25) is 0 Å². The second kappa shape index (κ2) is 5.40. The van der Waals surface area contributed by atoms with E-state index < -0.39 is 5.60 Å². The minimum Gasteiger partial charge on any atom is -0.496 e. The zero-order chi connectivity index (χ0) is 15.0. The molecule has 0 spiro atoms. The lowest BCUT2D eigenvalue weighted by atomic mass is 9.67. The molecule has 1 saturated carbocycles. The van der Waals surface area contributed by atoms with Crippen molar-refractivity contribution in [3.05, 3.63) is 29.3 Å². The number of hydrogen-bond acceptors (Lipinski definition) is 2. The van der Waals surface area contributed by atoms with Crippen LogP contribution in [0, 0.1) is 18.3 Å². The normalized spacial score (nSPS) is 27.4. The fourth-order valence-electron chi connectivity index (χ4n) is 3.42. The molecule has 1 aliphatic carbocycles. The van der Waals surface area contributed by atoms with E-state index in [4.69, 9.17) is 4.74 Å². The number of ether oxygens (including phenoxy) is 1. The average Bonchev–Trinajstić information content (AvgIpc) is 2.38. The zero-order valence-corrected chi connectivity index (χ0v) is 13.5. The Bertz CT molecular complexity index is 463. The lowest BCUT2D eigenvalue weighted by Crippen LogP contribution is -2.35. The molecule has 112 valence electrons. The van der Waals surface area contributed by atoms with E-state index in [-0.39, 0.29) is 0 Å². The van der Waals surface area contributed by atoms with Gasteiger partial charge in [-0.15, -0.1) is 0 Å². The van der Waals surface area contributed by atoms with E-state index in [0.717, 1.165) is 37.0 Å². The summed E-state index contributed by atoms with van der Waals surface area (Å²) in [4.78, 5) is 0. The molecular weight excluding hydrogens is 248 g/mol. The van der Waals surface area contributed by atoms with E-state index >= 15 is 0 Å². The van der Waals surface area contributed by atoms with E-state index in [1.54, 1.807) is 7.11 Å². The van der Waals surface area contributed by atoms with Crippen molar-refractivity contribution in [1.29, 1.82) is 0 Å². The Balaban J connectivity index is 2.24. The molecule has 20 heavy (non-hydrogen) atoms. The number of methoxy groups -OCH3 is 1. The van der Waals surface area contributed by atoms with Gasteiger partial charge in [-0.3, -0.25) is 0 Å². The van der Waals surface area contributed by atoms with Crippen LogP contribution < -0.4 is 4.74 Å². The molecule has 0 amide bonds. The quantitative estimate of drug-likeness (QED) is 0.866. The van der Waals surface area contributed by atoms with Gasteiger partial charge < -0.3 is 9.84 Å². The van der Waals surface area contributed by atoms with E-state index in [0.29, 0.717) is 11.3 Å². The zero-order valence-electron chi connectivity index (χ0n) is 13.5. The highest BCUT2D eigenvalue weighted by molar-refractivity contribution is 5.41. The second-order valence-electron chi connectivity index (χ2n) is 7.38. The van der Waals surface area contributed by atoms with Crippen molar-refractivity contribution in [2.75, 3.05) is 7.11 Å². The van der Waals surface area contributed by atoms with Gasteiger partial charge in [0.1, 0.15) is 5.75 Å². The smallest absolute Gasteiger partial charge is 0.124 e. The first-order valence-electron chi connectivity index (χ1n) is 7.64. The first-order valence-corrected chi connectivity index (χ1v) is 7.64. The minimum atomic E-state index is -0.723. The SMILES string of the molecule is COc1ccc(C)cc1C1(O)CCC(C(C)(C)C)CC1. The van der Waals surface area contributed by atoms with Gasteiger partial charge in [-0.05, 0) is 56.1 Å². The predicted molar refractivity (Wildman–Crippen MR) is 83.0 cm³/mol. The van der Waals surface area contributed by atoms with Crippen LogP contribution in [0.5, 0.6) is 5.75 Å². The van der Waals surface area contributed by atoms with Crippen LogP contribution in [-0.2, 0) is 5.60 Å². The molecule has 2 nitrogen and oxygen atoms in total. The van der Waals surface area contributed by atoms with Crippen LogP contribution in [0.2, 0.25) is 0 Å². The average molecular weight is 276 g/mol. The van der Waals surface area contributed by atoms with Crippen LogP contribution in [0.25, 0.3) is 0 Å². The van der Waals surface area contributed by atoms with Gasteiger partial charge in [-0.1, -0.05) is 32.4 Å². The van der Waals surface area contributed by atoms with Gasteiger partial charge in [0.25, 0.3) is 0 Å². The van der Waals surface area contributed by atoms with Crippen molar-refractivity contribution in [3.63, 3.8) is 0 Å². The fraction of sp³-hybridized carbons (Fsp3) is 0.667. The van der Waals surface area contributed by atoms with Crippen molar-refractivity contribution in [2.24, 2.45) is 11.3 Å². The molecule has 0 atom stereocenters. The molecule has 0 radical (unpaired) electrons. The molecule has 0 aliphatic heterocycles. The third-order valence-electron chi connectivity index (χ3n) is 4.89. The molecule has 1 aromatic carbocycles. The lowest BCUT2D eigenvalue weighted by Gasteiger charge is -2.42. The van der Waals surface area contributed by atoms with Crippen LogP contribution in [0.15, 0.2) is 18.2 Å². The molecular formula is C18H28O2. The van der Waals surface area contributed by atoms with Gasteiger partial charge in [0.05, 0.1) is 12.7 Å². The summed E-state index contributed by atoms with van der Waals surface area (Å²) in [6.45, 7) is 8.97. The Morgan fingerprint density at radius 2 is 1.80 bits per heavy atom. The topological polar surface area (TPSA) is 29.5 Å². The summed E-state index contributed by atoms with van der Waals surface area (Å²) in [5.41, 5.74) is 1.75. The second-order valence-corrected chi connectivity index (χ2v) is 7.38. The number of aryl methyl sites for hydroxylation is 1. The molecule has 1 aromatic rings. The van der Waals surface area contributed by atoms with Gasteiger partial charge in [-0.2, -0.15) is 0 Å². The van der Waals surface area contributed by atoms with Gasteiger partial charge in [0.15, 0.2) is 0 Å². The molecule has 1 N–H and O–H groups in total. The maximum Gasteiger partial charge on any atom is 0.124 e. The van der Waals surface area contributed by atoms with Gasteiger partial charge >= 0.3 is 0 Å². The molecule has 2 heteroatoms. The third kappa shape index (κ3) is 3.01. The lowest BCUT2D eigenvalue weighted by molar-refractivity contribution is -0.0313. The van der Waals surface area contributed by atoms with Crippen molar-refractivity contribution in [2.45, 2.75) is 59.0 Å². The van der Waals surface area contributed by atoms with Crippen LogP contribution >= 0.6 is 0 Å². The Hall–Kier alpha value is -1.02. The van der Waals surface area contributed by atoms with E-state index in [1.807, 2.05) is 12.1 Å². The summed E-state index contributed by atoms with van der Waals surface area (Å²) >= 11 is 0. The van der Waals surface area contributed by atoms with Crippen molar-refractivity contribution in [3.8, 4) is 5.75 Å². The number of aliphatic hydroxyl groups is 1. The highest BCUT2D eigenvalue weighted by Crippen LogP contribution is 2.47. The summed E-state index contributed by atoms with van der Waals surface area (Å²) < 4.78 is 5.45. The summed E-state index contributed by atoms with van der Waals surface area (Å²) in [5.74, 6) is 1.51. The summed E-state index contributed by atoms with van der Waals surface area (Å²) in [5, 5.41) is 11.1. The number of rotatable bonds is 2. The Labute approximate surface area is 123 Å². The van der Waals surface area contributed by atoms with Crippen LogP contribution in [0.1, 0.15) is 57.6 Å². The van der Waals surface area contributed by atoms with Gasteiger partial charge in [0, 0.05) is 5.56 Å². The number of benzene rings is 1. The summed E-state index contributed by atoms with van der Waals surface area (Å²) in [7, 11) is 1.68. The number of hydrogen-bond donors (Lipinski definition) is 1. The van der Waals surface area contributed by atoms with Crippen LogP contribution in [-0.4, -0.2) is 12.2 Å². The minimum absolute atomic E-state index is 0.331. The van der Waals surface area contributed by atoms with Crippen molar-refractivity contribution in [1.82, 2.24) is 0 Å². The van der Waals surface area contributed by atoms with Crippen LogP contribution in [0.4, 0.5) is 0 Å². The molecule has 0 heterocycles. The maximum absolute atomic E-state index is 11.1. The monoisotopic (exact) mass is 276 g/mol. The third-order valence-corrected chi connectivity index (χ3v) is 4.89. The molecule has 0 bridgehead atoms. The molecule has 0 aromatic heterocycles. The first kappa shape index (κ1) is 15.4. The highest BCUT2D eigenvalue weighted by Gasteiger charge is 2.39. The first-order chi connectivity index (χ1) is 9.26. The largest absolute Gasteiger partial charge is 0.496 e. The predicted octanol–water partition coefficient (Wildman–Crippen LogP) is 4.43. The standard InChI is InChI=1S/C18H28O2/c1-13-6-7-16(20-5)15(12-13)18(19)10-8-14(9-11-18)17(2,3)4/h6-7,12,14,19H,8-11H2,1-5H3. The van der Waals surface area contributed by atoms with Crippen molar-refractivity contribution < 1.29 is 9.84 Å². The molecule has 1 fully saturated rings. The molecule has 2 rings (SSSR count). The summed E-state index contributed by atoms with van der Waals surface area (Å²) in [6.07, 6.45) is 3.82. The fourth-order valence-corrected chi connectivity index (χ4v) is 3.42. The van der Waals surface area contributed by atoms with Crippen LogP contribution in [0.3, 0.4) is 0 Å². The Morgan fingerprint density at radius 3 is 2.30 bits per heavy atom. The van der Waals surface area contributed by atoms with E-state index in [1.165, 1.54) is 5.56 Å².